The van der Waals surface area contributed by atoms with Crippen molar-refractivity contribution >= 4 is 10.8 Å². The first-order chi connectivity index (χ1) is 15.2. The molecule has 0 aromatic heterocycles. The highest BCUT2D eigenvalue weighted by atomic mass is 16.5. The van der Waals surface area contributed by atoms with Crippen LogP contribution in [0.25, 0.3) is 10.8 Å². The van der Waals surface area contributed by atoms with Crippen molar-refractivity contribution in [2.45, 2.75) is 58.2 Å². The van der Waals surface area contributed by atoms with E-state index in [0.29, 0.717) is 12.6 Å². The molecule has 0 aliphatic heterocycles. The maximum Gasteiger partial charge on any atom is 0.124 e. The number of nitrogens with one attached hydrogen (secondary N) is 1. The molecule has 3 aromatic rings. The molecule has 0 saturated heterocycles. The van der Waals surface area contributed by atoms with Gasteiger partial charge in [0.1, 0.15) is 12.4 Å². The van der Waals surface area contributed by atoms with E-state index < -0.39 is 0 Å². The molecule has 0 atom stereocenters. The molecule has 0 radical (unpaired) electrons. The summed E-state index contributed by atoms with van der Waals surface area (Å²) in [7, 11) is 0. The highest BCUT2D eigenvalue weighted by Gasteiger charge is 2.47. The normalized spacial score (nSPS) is 28.9. The molecule has 4 bridgehead atoms. The number of hydrogen-bond acceptors (Lipinski definition) is 2. The zero-order chi connectivity index (χ0) is 20.8. The summed E-state index contributed by atoms with van der Waals surface area (Å²) in [6.45, 7) is 3.64. The largest absolute Gasteiger partial charge is 0.489 e. The summed E-state index contributed by atoms with van der Waals surface area (Å²) in [5.41, 5.74) is 3.83. The second-order valence-electron chi connectivity index (χ2n) is 10.4. The van der Waals surface area contributed by atoms with Gasteiger partial charge in [0.05, 0.1) is 0 Å². The van der Waals surface area contributed by atoms with Gasteiger partial charge in [-0.3, -0.25) is 0 Å². The van der Waals surface area contributed by atoms with Gasteiger partial charge in [-0.2, -0.15) is 0 Å². The van der Waals surface area contributed by atoms with Gasteiger partial charge in [0, 0.05) is 18.2 Å². The van der Waals surface area contributed by atoms with E-state index in [2.05, 4.69) is 72.9 Å². The van der Waals surface area contributed by atoms with E-state index in [0.717, 1.165) is 36.0 Å². The van der Waals surface area contributed by atoms with Crippen LogP contribution in [0.3, 0.4) is 0 Å². The number of rotatable bonds is 6. The fourth-order valence-corrected chi connectivity index (χ4v) is 6.96. The van der Waals surface area contributed by atoms with Gasteiger partial charge in [0.2, 0.25) is 0 Å². The van der Waals surface area contributed by atoms with Gasteiger partial charge in [0.25, 0.3) is 0 Å². The Morgan fingerprint density at radius 1 is 0.806 bits per heavy atom. The average Bonchev–Trinajstić information content (AvgIpc) is 2.78. The molecule has 4 aliphatic carbocycles. The van der Waals surface area contributed by atoms with E-state index in [4.69, 9.17) is 4.74 Å². The van der Waals surface area contributed by atoms with Gasteiger partial charge in [-0.1, -0.05) is 60.2 Å². The van der Waals surface area contributed by atoms with E-state index in [1.165, 1.54) is 59.6 Å². The van der Waals surface area contributed by atoms with Crippen molar-refractivity contribution in [1.29, 1.82) is 0 Å². The zero-order valence-corrected chi connectivity index (χ0v) is 18.5. The molecule has 2 nitrogen and oxygen atoms in total. The molecular formula is C29H33NO. The summed E-state index contributed by atoms with van der Waals surface area (Å²) in [6, 6.07) is 22.5. The van der Waals surface area contributed by atoms with Crippen LogP contribution in [0.15, 0.2) is 60.7 Å². The van der Waals surface area contributed by atoms with Crippen LogP contribution < -0.4 is 10.1 Å². The minimum Gasteiger partial charge on any atom is -0.489 e. The SMILES string of the molecule is Cc1ccc(COc2ccc3ccccc3c2CNC2C3CC4CC(C3)CC2C4)cc1. The van der Waals surface area contributed by atoms with Crippen molar-refractivity contribution in [2.75, 3.05) is 0 Å². The van der Waals surface area contributed by atoms with Crippen LogP contribution in [0.1, 0.15) is 48.8 Å². The maximum absolute atomic E-state index is 6.39. The second-order valence-corrected chi connectivity index (χ2v) is 10.4. The molecule has 4 saturated carbocycles. The van der Waals surface area contributed by atoms with Gasteiger partial charge in [0.15, 0.2) is 0 Å². The number of hydrogen-bond donors (Lipinski definition) is 1. The highest BCUT2D eigenvalue weighted by molar-refractivity contribution is 5.87. The average molecular weight is 412 g/mol. The lowest BCUT2D eigenvalue weighted by molar-refractivity contribution is -0.0143. The summed E-state index contributed by atoms with van der Waals surface area (Å²) in [5.74, 6) is 4.85. The summed E-state index contributed by atoms with van der Waals surface area (Å²) < 4.78 is 6.39. The van der Waals surface area contributed by atoms with Crippen LogP contribution in [0.4, 0.5) is 0 Å². The van der Waals surface area contributed by atoms with E-state index in [1.54, 1.807) is 0 Å². The van der Waals surface area contributed by atoms with E-state index in [9.17, 15) is 0 Å². The molecule has 31 heavy (non-hydrogen) atoms. The third-order valence-corrected chi connectivity index (χ3v) is 8.25. The van der Waals surface area contributed by atoms with Crippen LogP contribution in [-0.4, -0.2) is 6.04 Å². The molecule has 0 unspecified atom stereocenters. The van der Waals surface area contributed by atoms with E-state index >= 15 is 0 Å². The molecule has 0 amide bonds. The molecule has 4 aliphatic rings. The van der Waals surface area contributed by atoms with Crippen molar-refractivity contribution in [3.8, 4) is 5.75 Å². The Labute approximate surface area is 186 Å². The Morgan fingerprint density at radius 3 is 2.26 bits per heavy atom. The molecule has 7 rings (SSSR count). The first-order valence-corrected chi connectivity index (χ1v) is 12.2. The van der Waals surface area contributed by atoms with Gasteiger partial charge < -0.3 is 10.1 Å². The quantitative estimate of drug-likeness (QED) is 0.491. The van der Waals surface area contributed by atoms with Gasteiger partial charge >= 0.3 is 0 Å². The molecule has 3 aromatic carbocycles. The standard InChI is InChI=1S/C29H33NO/c1-19-6-8-20(9-7-19)18-31-28-11-10-23-4-2-3-5-26(23)27(28)17-30-29-24-13-21-12-22(15-24)16-25(29)14-21/h2-11,21-22,24-25,29-30H,12-18H2,1H3. The van der Waals surface area contributed by atoms with Crippen LogP contribution in [0.2, 0.25) is 0 Å². The molecular weight excluding hydrogens is 378 g/mol. The Balaban J connectivity index is 1.24. The second kappa shape index (κ2) is 7.98. The first-order valence-electron chi connectivity index (χ1n) is 12.2. The van der Waals surface area contributed by atoms with E-state index in [1.807, 2.05) is 0 Å². The van der Waals surface area contributed by atoms with Crippen molar-refractivity contribution in [1.82, 2.24) is 5.32 Å². The minimum absolute atomic E-state index is 0.615. The number of fused-ring (bicyclic) bond motifs is 1. The van der Waals surface area contributed by atoms with Crippen LogP contribution in [0.5, 0.6) is 5.75 Å². The Hall–Kier alpha value is -2.32. The molecule has 2 heteroatoms. The van der Waals surface area contributed by atoms with Crippen LogP contribution >= 0.6 is 0 Å². The molecule has 1 N–H and O–H groups in total. The summed E-state index contributed by atoms with van der Waals surface area (Å²) in [6.07, 6.45) is 7.34. The fraction of sp³-hybridized carbons (Fsp3) is 0.448. The molecule has 0 heterocycles. The van der Waals surface area contributed by atoms with Crippen LogP contribution in [-0.2, 0) is 13.2 Å². The number of aryl methyl sites for hydroxylation is 1. The predicted molar refractivity (Wildman–Crippen MR) is 127 cm³/mol. The van der Waals surface area contributed by atoms with Crippen molar-refractivity contribution in [3.05, 3.63) is 77.4 Å². The summed E-state index contributed by atoms with van der Waals surface area (Å²) in [5, 5.41) is 6.66. The Bertz CT molecular complexity index is 1040. The number of ether oxygens (including phenoxy) is 1. The van der Waals surface area contributed by atoms with Crippen molar-refractivity contribution < 1.29 is 4.74 Å². The lowest BCUT2D eigenvalue weighted by Crippen LogP contribution is -2.54. The van der Waals surface area contributed by atoms with E-state index in [-0.39, 0.29) is 0 Å². The topological polar surface area (TPSA) is 21.3 Å². The Morgan fingerprint density at radius 2 is 1.52 bits per heavy atom. The molecule has 4 fully saturated rings. The predicted octanol–water partition coefficient (Wildman–Crippen LogP) is 6.64. The zero-order valence-electron chi connectivity index (χ0n) is 18.5. The van der Waals surface area contributed by atoms with Crippen molar-refractivity contribution in [3.63, 3.8) is 0 Å². The van der Waals surface area contributed by atoms with Crippen LogP contribution in [0, 0.1) is 30.6 Å². The lowest BCUT2D eigenvalue weighted by atomic mass is 9.54. The summed E-state index contributed by atoms with van der Waals surface area (Å²) >= 11 is 0. The van der Waals surface area contributed by atoms with Gasteiger partial charge in [-0.25, -0.2) is 0 Å². The van der Waals surface area contributed by atoms with Gasteiger partial charge in [-0.15, -0.1) is 0 Å². The third-order valence-electron chi connectivity index (χ3n) is 8.25. The monoisotopic (exact) mass is 411 g/mol. The third kappa shape index (κ3) is 3.76. The Kier molecular flexibility index (Phi) is 4.99. The first kappa shape index (κ1) is 19.4. The van der Waals surface area contributed by atoms with Gasteiger partial charge in [-0.05, 0) is 85.1 Å². The minimum atomic E-state index is 0.615. The molecule has 160 valence electrons. The highest BCUT2D eigenvalue weighted by Crippen LogP contribution is 2.53. The maximum atomic E-state index is 6.39. The smallest absolute Gasteiger partial charge is 0.124 e. The van der Waals surface area contributed by atoms with Crippen molar-refractivity contribution in [2.24, 2.45) is 23.7 Å². The number of benzene rings is 3. The molecule has 0 spiro atoms. The fourth-order valence-electron chi connectivity index (χ4n) is 6.96. The summed E-state index contributed by atoms with van der Waals surface area (Å²) in [4.78, 5) is 0. The lowest BCUT2D eigenvalue weighted by Gasteiger charge is -2.54.